The lowest BCUT2D eigenvalue weighted by molar-refractivity contribution is -0.126. The van der Waals surface area contributed by atoms with Crippen molar-refractivity contribution in [3.05, 3.63) is 58.7 Å². The molecule has 156 valence electrons. The average molecular weight is 405 g/mol. The van der Waals surface area contributed by atoms with Gasteiger partial charge in [-0.25, -0.2) is 14.9 Å². The van der Waals surface area contributed by atoms with E-state index in [2.05, 4.69) is 10.0 Å². The Morgan fingerprint density at radius 3 is 2.07 bits per heavy atom. The Balaban J connectivity index is 1.59. The minimum absolute atomic E-state index is 0.0877. The quantitative estimate of drug-likeness (QED) is 0.735. The first kappa shape index (κ1) is 19.3. The zero-order chi connectivity index (χ0) is 21.2. The molecule has 0 radical (unpaired) electrons. The predicted molar refractivity (Wildman–Crippen MR) is 114 cm³/mol. The highest BCUT2D eigenvalue weighted by Gasteiger charge is 2.63. The summed E-state index contributed by atoms with van der Waals surface area (Å²) in [4.78, 5) is 28.8. The van der Waals surface area contributed by atoms with Crippen molar-refractivity contribution < 1.29 is 14.3 Å². The maximum absolute atomic E-state index is 13.8. The Morgan fingerprint density at radius 2 is 1.47 bits per heavy atom. The smallest absolute Gasteiger partial charge is 0.253 e. The number of rotatable bonds is 3. The van der Waals surface area contributed by atoms with Gasteiger partial charge in [-0.3, -0.25) is 9.59 Å². The first-order valence-corrected chi connectivity index (χ1v) is 10.5. The van der Waals surface area contributed by atoms with Gasteiger partial charge in [0.05, 0.1) is 24.8 Å². The van der Waals surface area contributed by atoms with E-state index < -0.39 is 12.0 Å². The average Bonchev–Trinajstić information content (AvgIpc) is 3.35. The summed E-state index contributed by atoms with van der Waals surface area (Å²) < 4.78 is 5.30. The largest absolute Gasteiger partial charge is 0.497 e. The first-order chi connectivity index (χ1) is 14.4. The molecule has 30 heavy (non-hydrogen) atoms. The number of hydrogen-bond donors (Lipinski definition) is 0. The fourth-order valence-electron chi connectivity index (χ4n) is 5.66. The highest BCUT2D eigenvalue weighted by Crippen LogP contribution is 2.49. The van der Waals surface area contributed by atoms with Gasteiger partial charge in [-0.1, -0.05) is 29.8 Å². The number of hydrogen-bond acceptors (Lipinski definition) is 5. The van der Waals surface area contributed by atoms with Gasteiger partial charge in [0, 0.05) is 13.1 Å². The minimum Gasteiger partial charge on any atom is -0.497 e. The SMILES string of the molecule is COc1ccc([C@H]2[C@H]3C(=O)N(c4c(C)cc(C)cc4C)C(=O)[C@H]3N3CCCN23)cc1. The maximum atomic E-state index is 13.8. The molecule has 2 amide bonds. The third kappa shape index (κ3) is 2.63. The summed E-state index contributed by atoms with van der Waals surface area (Å²) in [5, 5.41) is 4.37. The number of carbonyl (C=O) groups excluding carboxylic acids is 2. The van der Waals surface area contributed by atoms with Crippen LogP contribution in [0.1, 0.15) is 34.7 Å². The van der Waals surface area contributed by atoms with Crippen molar-refractivity contribution in [2.45, 2.75) is 39.3 Å². The number of amides is 2. The molecule has 3 aliphatic heterocycles. The molecule has 2 aromatic carbocycles. The normalized spacial score (nSPS) is 26.4. The van der Waals surface area contributed by atoms with Crippen LogP contribution in [0.15, 0.2) is 36.4 Å². The number of benzene rings is 2. The van der Waals surface area contributed by atoms with Crippen molar-refractivity contribution >= 4 is 17.5 Å². The molecule has 3 atom stereocenters. The van der Waals surface area contributed by atoms with Crippen LogP contribution in [-0.2, 0) is 9.59 Å². The van der Waals surface area contributed by atoms with E-state index in [-0.39, 0.29) is 17.9 Å². The van der Waals surface area contributed by atoms with Gasteiger partial charge in [0.25, 0.3) is 5.91 Å². The summed E-state index contributed by atoms with van der Waals surface area (Å²) in [5.41, 5.74) is 4.87. The van der Waals surface area contributed by atoms with Crippen molar-refractivity contribution in [2.75, 3.05) is 25.1 Å². The van der Waals surface area contributed by atoms with Crippen molar-refractivity contribution in [1.29, 1.82) is 0 Å². The number of imide groups is 1. The van der Waals surface area contributed by atoms with E-state index in [1.807, 2.05) is 57.2 Å². The van der Waals surface area contributed by atoms with E-state index in [0.717, 1.165) is 53.2 Å². The number of fused-ring (bicyclic) bond motifs is 3. The molecule has 3 fully saturated rings. The number of nitrogens with zero attached hydrogens (tertiary/aromatic N) is 3. The zero-order valence-corrected chi connectivity index (χ0v) is 17.9. The Morgan fingerprint density at radius 1 is 0.867 bits per heavy atom. The number of carbonyl (C=O) groups is 2. The summed E-state index contributed by atoms with van der Waals surface area (Å²) in [7, 11) is 1.64. The Bertz CT molecular complexity index is 1010. The fraction of sp³-hybridized carbons (Fsp3) is 0.417. The van der Waals surface area contributed by atoms with Crippen LogP contribution in [0.3, 0.4) is 0 Å². The minimum atomic E-state index is -0.424. The fourth-order valence-corrected chi connectivity index (χ4v) is 5.66. The van der Waals surface area contributed by atoms with Crippen molar-refractivity contribution in [3.63, 3.8) is 0 Å². The van der Waals surface area contributed by atoms with E-state index >= 15 is 0 Å². The van der Waals surface area contributed by atoms with Crippen LogP contribution in [0.4, 0.5) is 5.69 Å². The second kappa shape index (κ2) is 6.93. The first-order valence-electron chi connectivity index (χ1n) is 10.5. The summed E-state index contributed by atoms with van der Waals surface area (Å²) in [6, 6.07) is 11.4. The van der Waals surface area contributed by atoms with Gasteiger partial charge >= 0.3 is 0 Å². The van der Waals surface area contributed by atoms with Crippen LogP contribution in [-0.4, -0.2) is 48.1 Å². The van der Waals surface area contributed by atoms with Crippen molar-refractivity contribution in [3.8, 4) is 5.75 Å². The molecular formula is C24H27N3O3. The second-order valence-corrected chi connectivity index (χ2v) is 8.63. The van der Waals surface area contributed by atoms with Crippen LogP contribution in [0.25, 0.3) is 0 Å². The van der Waals surface area contributed by atoms with E-state index in [9.17, 15) is 9.59 Å². The Kier molecular flexibility index (Phi) is 4.45. The molecule has 6 nitrogen and oxygen atoms in total. The molecular weight excluding hydrogens is 378 g/mol. The number of hydrazine groups is 1. The molecule has 6 heteroatoms. The number of methoxy groups -OCH3 is 1. The number of anilines is 1. The maximum Gasteiger partial charge on any atom is 0.253 e. The van der Waals surface area contributed by atoms with E-state index in [4.69, 9.17) is 4.74 Å². The van der Waals surface area contributed by atoms with Gasteiger partial charge in [0.2, 0.25) is 5.91 Å². The molecule has 0 spiro atoms. The summed E-state index contributed by atoms with van der Waals surface area (Å²) in [6.45, 7) is 7.67. The molecule has 5 rings (SSSR count). The molecule has 0 unspecified atom stereocenters. The Hall–Kier alpha value is -2.70. The number of aryl methyl sites for hydroxylation is 3. The lowest BCUT2D eigenvalue weighted by Gasteiger charge is -2.30. The predicted octanol–water partition coefficient (Wildman–Crippen LogP) is 3.16. The molecule has 3 aliphatic rings. The van der Waals surface area contributed by atoms with Crippen LogP contribution < -0.4 is 9.64 Å². The van der Waals surface area contributed by atoms with Gasteiger partial charge in [0.15, 0.2) is 0 Å². The van der Waals surface area contributed by atoms with Crippen LogP contribution in [0.5, 0.6) is 5.75 Å². The second-order valence-electron chi connectivity index (χ2n) is 8.63. The molecule has 3 heterocycles. The summed E-state index contributed by atoms with van der Waals surface area (Å²) >= 11 is 0. The highest BCUT2D eigenvalue weighted by molar-refractivity contribution is 6.24. The molecule has 0 saturated carbocycles. The van der Waals surface area contributed by atoms with Gasteiger partial charge < -0.3 is 4.74 Å². The molecule has 0 aliphatic carbocycles. The molecule has 0 bridgehead atoms. The van der Waals surface area contributed by atoms with E-state index in [1.165, 1.54) is 4.90 Å². The zero-order valence-electron chi connectivity index (χ0n) is 17.9. The Labute approximate surface area is 177 Å². The third-order valence-electron chi connectivity index (χ3n) is 6.72. The van der Waals surface area contributed by atoms with Crippen LogP contribution in [0.2, 0.25) is 0 Å². The molecule has 0 N–H and O–H groups in total. The third-order valence-corrected chi connectivity index (χ3v) is 6.72. The monoisotopic (exact) mass is 405 g/mol. The molecule has 0 aromatic heterocycles. The highest BCUT2D eigenvalue weighted by atomic mass is 16.5. The van der Waals surface area contributed by atoms with Gasteiger partial charge in [0.1, 0.15) is 11.8 Å². The molecule has 3 saturated heterocycles. The lowest BCUT2D eigenvalue weighted by atomic mass is 9.90. The lowest BCUT2D eigenvalue weighted by Crippen LogP contribution is -2.44. The topological polar surface area (TPSA) is 53.1 Å². The van der Waals surface area contributed by atoms with E-state index in [1.54, 1.807) is 7.11 Å². The standard InChI is InChI=1S/C24H27N3O3/c1-14-12-15(2)20(16(3)13-14)27-23(28)19-21(17-6-8-18(30-4)9-7-17)25-10-5-11-26(25)22(19)24(27)29/h6-9,12-13,19,21-22H,5,10-11H2,1-4H3/t19-,21+,22+/m1/s1. The van der Waals surface area contributed by atoms with Gasteiger partial charge in [-0.05, 0) is 56.0 Å². The summed E-state index contributed by atoms with van der Waals surface area (Å²) in [6.07, 6.45) is 1.000. The van der Waals surface area contributed by atoms with Gasteiger partial charge in [-0.2, -0.15) is 0 Å². The van der Waals surface area contributed by atoms with Crippen LogP contribution >= 0.6 is 0 Å². The van der Waals surface area contributed by atoms with Crippen LogP contribution in [0, 0.1) is 26.7 Å². The van der Waals surface area contributed by atoms with E-state index in [0.29, 0.717) is 0 Å². The van der Waals surface area contributed by atoms with Gasteiger partial charge in [-0.15, -0.1) is 0 Å². The molecule has 2 aromatic rings. The van der Waals surface area contributed by atoms with Crippen molar-refractivity contribution in [1.82, 2.24) is 10.0 Å². The number of ether oxygens (including phenoxy) is 1. The summed E-state index contributed by atoms with van der Waals surface area (Å²) in [5.74, 6) is 0.206. The van der Waals surface area contributed by atoms with Crippen molar-refractivity contribution in [2.24, 2.45) is 5.92 Å².